The second-order valence-electron chi connectivity index (χ2n) is 5.49. The number of nitro benzene ring substituents is 1. The van der Waals surface area contributed by atoms with Gasteiger partial charge >= 0.3 is 5.97 Å². The number of hydrogen-bond donors (Lipinski definition) is 0. The molecule has 0 amide bonds. The van der Waals surface area contributed by atoms with Crippen LogP contribution in [0.5, 0.6) is 0 Å². The Morgan fingerprint density at radius 3 is 2.58 bits per heavy atom. The molecular formula is C19H15NO6. The van der Waals surface area contributed by atoms with E-state index < -0.39 is 16.3 Å². The van der Waals surface area contributed by atoms with Gasteiger partial charge in [0.15, 0.2) is 5.43 Å². The molecule has 3 aromatic rings. The number of para-hydroxylation sites is 2. The van der Waals surface area contributed by atoms with Crippen molar-refractivity contribution in [1.82, 2.24) is 0 Å². The van der Waals surface area contributed by atoms with Crippen LogP contribution in [0.2, 0.25) is 0 Å². The van der Waals surface area contributed by atoms with Crippen LogP contribution >= 0.6 is 0 Å². The molecule has 2 aromatic carbocycles. The van der Waals surface area contributed by atoms with Crippen LogP contribution in [0.15, 0.2) is 57.7 Å². The second-order valence-corrected chi connectivity index (χ2v) is 5.49. The van der Waals surface area contributed by atoms with Gasteiger partial charge in [-0.3, -0.25) is 19.7 Å². The molecule has 7 nitrogen and oxygen atoms in total. The summed E-state index contributed by atoms with van der Waals surface area (Å²) >= 11 is 0. The molecular weight excluding hydrogens is 338 g/mol. The summed E-state index contributed by atoms with van der Waals surface area (Å²) in [6, 6.07) is 12.5. The first-order valence-electron chi connectivity index (χ1n) is 7.97. The van der Waals surface area contributed by atoms with Gasteiger partial charge in [0.05, 0.1) is 34.5 Å². The molecule has 0 unspecified atom stereocenters. The average molecular weight is 353 g/mol. The number of carbonyl (C=O) groups excluding carboxylic acids is 1. The lowest BCUT2D eigenvalue weighted by Crippen LogP contribution is -2.17. The van der Waals surface area contributed by atoms with E-state index in [9.17, 15) is 19.7 Å². The third-order valence-corrected chi connectivity index (χ3v) is 3.86. The van der Waals surface area contributed by atoms with E-state index in [1.54, 1.807) is 37.3 Å². The van der Waals surface area contributed by atoms with Crippen molar-refractivity contribution in [3.05, 3.63) is 74.4 Å². The van der Waals surface area contributed by atoms with Crippen LogP contribution in [0, 0.1) is 10.1 Å². The van der Waals surface area contributed by atoms with Crippen molar-refractivity contribution < 1.29 is 18.9 Å². The summed E-state index contributed by atoms with van der Waals surface area (Å²) in [7, 11) is 0. The number of ether oxygens (including phenoxy) is 1. The van der Waals surface area contributed by atoms with Crippen molar-refractivity contribution in [3.8, 4) is 11.3 Å². The highest BCUT2D eigenvalue weighted by Crippen LogP contribution is 2.33. The zero-order valence-corrected chi connectivity index (χ0v) is 13.9. The second kappa shape index (κ2) is 7.18. The fraction of sp³-hybridized carbons (Fsp3) is 0.158. The summed E-state index contributed by atoms with van der Waals surface area (Å²) in [5.74, 6) is -0.594. The Balaban J connectivity index is 2.31. The van der Waals surface area contributed by atoms with Gasteiger partial charge < -0.3 is 9.15 Å². The van der Waals surface area contributed by atoms with Gasteiger partial charge in [0.25, 0.3) is 5.69 Å². The van der Waals surface area contributed by atoms with Crippen LogP contribution in [-0.2, 0) is 16.0 Å². The molecule has 0 atom stereocenters. The quantitative estimate of drug-likeness (QED) is 0.395. The first-order chi connectivity index (χ1) is 12.5. The third-order valence-electron chi connectivity index (χ3n) is 3.86. The molecule has 0 saturated carbocycles. The van der Waals surface area contributed by atoms with E-state index >= 15 is 0 Å². The molecule has 1 heterocycles. The van der Waals surface area contributed by atoms with Crippen LogP contribution < -0.4 is 5.43 Å². The predicted molar refractivity (Wildman–Crippen MR) is 94.9 cm³/mol. The number of carbonyl (C=O) groups is 1. The molecule has 26 heavy (non-hydrogen) atoms. The fourth-order valence-corrected chi connectivity index (χ4v) is 2.74. The van der Waals surface area contributed by atoms with Crippen molar-refractivity contribution in [2.75, 3.05) is 6.61 Å². The van der Waals surface area contributed by atoms with E-state index in [4.69, 9.17) is 9.15 Å². The summed E-state index contributed by atoms with van der Waals surface area (Å²) < 4.78 is 10.7. The van der Waals surface area contributed by atoms with Crippen molar-refractivity contribution >= 4 is 22.6 Å². The predicted octanol–water partition coefficient (Wildman–Crippen LogP) is 3.47. The number of fused-ring (bicyclic) bond motifs is 1. The van der Waals surface area contributed by atoms with Crippen molar-refractivity contribution in [2.45, 2.75) is 13.3 Å². The SMILES string of the molecule is CCOC(=O)Cc1c(-c2ccccc2[N+](=O)[O-])oc2ccccc2c1=O. The van der Waals surface area contributed by atoms with Crippen molar-refractivity contribution in [1.29, 1.82) is 0 Å². The number of nitro groups is 1. The first kappa shape index (κ1) is 17.3. The lowest BCUT2D eigenvalue weighted by molar-refractivity contribution is -0.384. The summed E-state index contributed by atoms with van der Waals surface area (Å²) in [4.78, 5) is 35.7. The number of esters is 1. The zero-order chi connectivity index (χ0) is 18.7. The third kappa shape index (κ3) is 3.19. The Morgan fingerprint density at radius 1 is 1.15 bits per heavy atom. The minimum absolute atomic E-state index is 0.00838. The highest BCUT2D eigenvalue weighted by atomic mass is 16.6. The van der Waals surface area contributed by atoms with E-state index in [-0.39, 0.29) is 35.6 Å². The molecule has 0 fully saturated rings. The fourth-order valence-electron chi connectivity index (χ4n) is 2.74. The van der Waals surface area contributed by atoms with Crippen LogP contribution in [0.3, 0.4) is 0 Å². The van der Waals surface area contributed by atoms with E-state index in [0.717, 1.165) is 0 Å². The molecule has 0 aliphatic heterocycles. The molecule has 132 valence electrons. The summed E-state index contributed by atoms with van der Waals surface area (Å²) in [6.07, 6.45) is -0.331. The van der Waals surface area contributed by atoms with Gasteiger partial charge in [0.2, 0.25) is 0 Å². The molecule has 1 aromatic heterocycles. The minimum Gasteiger partial charge on any atom is -0.466 e. The Labute approximate surface area is 148 Å². The summed E-state index contributed by atoms with van der Waals surface area (Å²) in [5, 5.41) is 11.7. The van der Waals surface area contributed by atoms with Crippen molar-refractivity contribution in [2.24, 2.45) is 0 Å². The van der Waals surface area contributed by atoms with Crippen LogP contribution in [0.25, 0.3) is 22.3 Å². The Morgan fingerprint density at radius 2 is 1.85 bits per heavy atom. The molecule has 3 rings (SSSR count). The lowest BCUT2D eigenvalue weighted by Gasteiger charge is -2.10. The molecule has 0 radical (unpaired) electrons. The van der Waals surface area contributed by atoms with E-state index in [1.165, 1.54) is 18.2 Å². The number of nitrogens with zero attached hydrogens (tertiary/aromatic N) is 1. The highest BCUT2D eigenvalue weighted by Gasteiger charge is 2.24. The maximum atomic E-state index is 12.9. The van der Waals surface area contributed by atoms with Gasteiger partial charge in [-0.2, -0.15) is 0 Å². The number of hydrogen-bond acceptors (Lipinski definition) is 6. The number of rotatable bonds is 5. The summed E-state index contributed by atoms with van der Waals surface area (Å²) in [6.45, 7) is 1.82. The number of benzene rings is 2. The highest BCUT2D eigenvalue weighted by molar-refractivity contribution is 5.85. The lowest BCUT2D eigenvalue weighted by atomic mass is 10.0. The standard InChI is InChI=1S/C19H15NO6/c1-2-25-17(21)11-14-18(22)13-8-4-6-10-16(13)26-19(14)12-7-3-5-9-15(12)20(23)24/h3-10H,2,11H2,1H3. The Bertz CT molecular complexity index is 1050. The Hall–Kier alpha value is -3.48. The first-order valence-corrected chi connectivity index (χ1v) is 7.97. The van der Waals surface area contributed by atoms with E-state index in [0.29, 0.717) is 11.0 Å². The van der Waals surface area contributed by atoms with E-state index in [2.05, 4.69) is 0 Å². The van der Waals surface area contributed by atoms with Crippen molar-refractivity contribution in [3.63, 3.8) is 0 Å². The monoisotopic (exact) mass is 353 g/mol. The molecule has 0 bridgehead atoms. The van der Waals surface area contributed by atoms with Crippen LogP contribution in [0.4, 0.5) is 5.69 Å². The average Bonchev–Trinajstić information content (AvgIpc) is 2.64. The smallest absolute Gasteiger partial charge is 0.310 e. The molecule has 0 N–H and O–H groups in total. The van der Waals surface area contributed by atoms with Crippen LogP contribution in [0.1, 0.15) is 12.5 Å². The van der Waals surface area contributed by atoms with Gasteiger partial charge in [-0.25, -0.2) is 0 Å². The van der Waals surface area contributed by atoms with Gasteiger partial charge in [0, 0.05) is 6.07 Å². The molecule has 0 spiro atoms. The maximum Gasteiger partial charge on any atom is 0.310 e. The minimum atomic E-state index is -0.602. The molecule has 0 aliphatic rings. The maximum absolute atomic E-state index is 12.9. The van der Waals surface area contributed by atoms with Gasteiger partial charge in [-0.1, -0.05) is 24.3 Å². The zero-order valence-electron chi connectivity index (χ0n) is 13.9. The normalized spacial score (nSPS) is 10.7. The van der Waals surface area contributed by atoms with Gasteiger partial charge in [-0.15, -0.1) is 0 Å². The topological polar surface area (TPSA) is 99.7 Å². The molecule has 0 saturated heterocycles. The molecule has 7 heteroatoms. The summed E-state index contributed by atoms with van der Waals surface area (Å²) in [5.41, 5.74) is -0.154. The largest absolute Gasteiger partial charge is 0.466 e. The Kier molecular flexibility index (Phi) is 4.79. The van der Waals surface area contributed by atoms with Gasteiger partial charge in [0.1, 0.15) is 11.3 Å². The molecule has 0 aliphatic carbocycles. The van der Waals surface area contributed by atoms with E-state index in [1.807, 2.05) is 0 Å². The van der Waals surface area contributed by atoms with Gasteiger partial charge in [-0.05, 0) is 25.1 Å². The van der Waals surface area contributed by atoms with Crippen LogP contribution in [-0.4, -0.2) is 17.5 Å².